The van der Waals surface area contributed by atoms with Crippen LogP contribution >= 0.6 is 0 Å². The number of hydrogen-bond donors (Lipinski definition) is 0. The lowest BCUT2D eigenvalue weighted by Crippen LogP contribution is -2.53. The van der Waals surface area contributed by atoms with Gasteiger partial charge in [-0.2, -0.15) is 0 Å². The highest BCUT2D eigenvalue weighted by Crippen LogP contribution is 2.63. The summed E-state index contributed by atoms with van der Waals surface area (Å²) in [6.45, 7) is 5.84. The van der Waals surface area contributed by atoms with E-state index in [-0.39, 0.29) is 40.5 Å². The zero-order valence-electron chi connectivity index (χ0n) is 15.5. The van der Waals surface area contributed by atoms with Crippen molar-refractivity contribution in [3.63, 3.8) is 0 Å². The molecule has 4 heteroatoms. The highest BCUT2D eigenvalue weighted by Gasteiger charge is 2.61. The van der Waals surface area contributed by atoms with Gasteiger partial charge in [-0.05, 0) is 55.4 Å². The minimum atomic E-state index is -0.284. The van der Waals surface area contributed by atoms with E-state index in [0.717, 1.165) is 32.1 Å². The fraction of sp³-hybridized carbons (Fsp3) is 0.762. The van der Waals surface area contributed by atoms with Crippen molar-refractivity contribution in [3.8, 4) is 0 Å². The van der Waals surface area contributed by atoms with E-state index in [1.54, 1.807) is 0 Å². The molecule has 0 saturated heterocycles. The van der Waals surface area contributed by atoms with Crippen molar-refractivity contribution in [2.24, 2.45) is 28.6 Å². The van der Waals surface area contributed by atoms with Crippen LogP contribution in [0.15, 0.2) is 11.6 Å². The summed E-state index contributed by atoms with van der Waals surface area (Å²) < 4.78 is 5.42. The van der Waals surface area contributed by atoms with E-state index in [1.807, 2.05) is 6.08 Å². The molecule has 0 radical (unpaired) electrons. The zero-order valence-corrected chi connectivity index (χ0v) is 15.5. The second-order valence-corrected chi connectivity index (χ2v) is 9.12. The van der Waals surface area contributed by atoms with Crippen molar-refractivity contribution < 1.29 is 19.1 Å². The second-order valence-electron chi connectivity index (χ2n) is 9.12. The third kappa shape index (κ3) is 2.36. The summed E-state index contributed by atoms with van der Waals surface area (Å²) in [6.07, 6.45) is 7.66. The fourth-order valence-electron chi connectivity index (χ4n) is 6.48. The Labute approximate surface area is 149 Å². The molecule has 4 rings (SSSR count). The predicted octanol–water partition coefficient (Wildman–Crippen LogP) is 3.63. The summed E-state index contributed by atoms with van der Waals surface area (Å²) in [5.41, 5.74) is 0.902. The van der Waals surface area contributed by atoms with Gasteiger partial charge in [-0.25, -0.2) is 0 Å². The molecule has 0 heterocycles. The van der Waals surface area contributed by atoms with Crippen LogP contribution in [0.5, 0.6) is 0 Å². The molecule has 0 unspecified atom stereocenters. The van der Waals surface area contributed by atoms with Gasteiger partial charge < -0.3 is 4.74 Å². The smallest absolute Gasteiger partial charge is 0.302 e. The summed E-state index contributed by atoms with van der Waals surface area (Å²) in [5, 5.41) is 0. The summed E-state index contributed by atoms with van der Waals surface area (Å²) in [4.78, 5) is 36.8. The van der Waals surface area contributed by atoms with E-state index in [4.69, 9.17) is 4.74 Å². The molecule has 0 N–H and O–H groups in total. The average Bonchev–Trinajstić information content (AvgIpc) is 2.84. The number of carbonyl (C=O) groups is 3. The van der Waals surface area contributed by atoms with Crippen LogP contribution in [0.4, 0.5) is 0 Å². The quantitative estimate of drug-likeness (QED) is 0.682. The second kappa shape index (κ2) is 5.52. The molecule has 0 aromatic rings. The SMILES string of the molecule is CC(=O)O[C@@H]1CC[C@@]2(C)C(=CC(=O)[C@H]3[C@H]4CCC(=O)[C@]4(C)CC[C@H]32)C1. The molecule has 4 aliphatic carbocycles. The number of ketones is 2. The summed E-state index contributed by atoms with van der Waals surface area (Å²) in [6, 6.07) is 0. The molecular weight excluding hydrogens is 316 g/mol. The van der Waals surface area contributed by atoms with Gasteiger partial charge in [0.25, 0.3) is 0 Å². The number of fused-ring (bicyclic) bond motifs is 5. The minimum absolute atomic E-state index is 0.00391. The van der Waals surface area contributed by atoms with Gasteiger partial charge in [0.05, 0.1) is 0 Å². The lowest BCUT2D eigenvalue weighted by molar-refractivity contribution is -0.149. The molecule has 0 aromatic carbocycles. The van der Waals surface area contributed by atoms with Crippen molar-refractivity contribution in [1.29, 1.82) is 0 Å². The summed E-state index contributed by atoms with van der Waals surface area (Å²) in [5.74, 6) is 0.888. The van der Waals surface area contributed by atoms with Crippen LogP contribution < -0.4 is 0 Å². The molecule has 3 saturated carbocycles. The van der Waals surface area contributed by atoms with Crippen molar-refractivity contribution in [2.75, 3.05) is 0 Å². The molecule has 0 aliphatic heterocycles. The number of rotatable bonds is 1. The molecule has 0 spiro atoms. The third-order valence-electron chi connectivity index (χ3n) is 7.94. The van der Waals surface area contributed by atoms with E-state index in [9.17, 15) is 14.4 Å². The molecule has 136 valence electrons. The van der Waals surface area contributed by atoms with Gasteiger partial charge in [0, 0.05) is 31.1 Å². The van der Waals surface area contributed by atoms with Crippen LogP contribution in [-0.2, 0) is 19.1 Å². The van der Waals surface area contributed by atoms with Crippen LogP contribution in [-0.4, -0.2) is 23.6 Å². The van der Waals surface area contributed by atoms with Gasteiger partial charge in [-0.1, -0.05) is 19.4 Å². The Morgan fingerprint density at radius 2 is 1.76 bits per heavy atom. The van der Waals surface area contributed by atoms with Crippen LogP contribution in [0, 0.1) is 28.6 Å². The number of allylic oxidation sites excluding steroid dienone is 1. The Morgan fingerprint density at radius 1 is 1.08 bits per heavy atom. The number of hydrogen-bond acceptors (Lipinski definition) is 4. The maximum Gasteiger partial charge on any atom is 0.302 e. The van der Waals surface area contributed by atoms with Crippen molar-refractivity contribution in [2.45, 2.75) is 71.8 Å². The highest BCUT2D eigenvalue weighted by molar-refractivity contribution is 5.96. The van der Waals surface area contributed by atoms with Gasteiger partial charge in [0.1, 0.15) is 11.9 Å². The molecule has 4 nitrogen and oxygen atoms in total. The zero-order chi connectivity index (χ0) is 18.0. The first-order valence-electron chi connectivity index (χ1n) is 9.71. The Hall–Kier alpha value is -1.45. The number of carbonyl (C=O) groups excluding carboxylic acids is 3. The molecule has 6 atom stereocenters. The van der Waals surface area contributed by atoms with E-state index in [0.29, 0.717) is 24.5 Å². The molecule has 0 amide bonds. The molecular formula is C21H28O4. The molecule has 0 bridgehead atoms. The standard InChI is InChI=1S/C21H28O4/c1-12(22)25-14-6-8-20(2)13(10-14)11-17(23)19-15-4-5-18(24)21(15,3)9-7-16(19)20/h11,14-16,19H,4-10H2,1-3H3/t14-,15-,16-,19+,20+,21-/m1/s1. The van der Waals surface area contributed by atoms with Gasteiger partial charge >= 0.3 is 5.97 Å². The van der Waals surface area contributed by atoms with E-state index >= 15 is 0 Å². The van der Waals surface area contributed by atoms with Gasteiger partial charge in [-0.3, -0.25) is 14.4 Å². The van der Waals surface area contributed by atoms with Crippen LogP contribution in [0.2, 0.25) is 0 Å². The summed E-state index contributed by atoms with van der Waals surface area (Å²) in [7, 11) is 0. The first kappa shape index (κ1) is 17.0. The Kier molecular flexibility index (Phi) is 3.75. The first-order chi connectivity index (χ1) is 11.8. The van der Waals surface area contributed by atoms with Crippen LogP contribution in [0.25, 0.3) is 0 Å². The van der Waals surface area contributed by atoms with E-state index in [1.165, 1.54) is 12.5 Å². The van der Waals surface area contributed by atoms with Gasteiger partial charge in [-0.15, -0.1) is 0 Å². The first-order valence-corrected chi connectivity index (χ1v) is 9.71. The largest absolute Gasteiger partial charge is 0.462 e. The lowest BCUT2D eigenvalue weighted by atomic mass is 9.48. The Bertz CT molecular complexity index is 677. The Morgan fingerprint density at radius 3 is 2.48 bits per heavy atom. The normalized spacial score (nSPS) is 46.0. The molecule has 4 aliphatic rings. The molecule has 25 heavy (non-hydrogen) atoms. The fourth-order valence-corrected chi connectivity index (χ4v) is 6.48. The van der Waals surface area contributed by atoms with Gasteiger partial charge in [0.2, 0.25) is 0 Å². The monoisotopic (exact) mass is 344 g/mol. The summed E-state index contributed by atoms with van der Waals surface area (Å²) >= 11 is 0. The minimum Gasteiger partial charge on any atom is -0.462 e. The van der Waals surface area contributed by atoms with Crippen molar-refractivity contribution >= 4 is 17.5 Å². The number of ether oxygens (including phenoxy) is 1. The average molecular weight is 344 g/mol. The maximum atomic E-state index is 13.1. The third-order valence-corrected chi connectivity index (χ3v) is 7.94. The predicted molar refractivity (Wildman–Crippen MR) is 92.7 cm³/mol. The van der Waals surface area contributed by atoms with Crippen LogP contribution in [0.3, 0.4) is 0 Å². The van der Waals surface area contributed by atoms with Crippen LogP contribution in [0.1, 0.15) is 65.7 Å². The molecule has 0 aromatic heterocycles. The highest BCUT2D eigenvalue weighted by atomic mass is 16.5. The van der Waals surface area contributed by atoms with E-state index < -0.39 is 0 Å². The van der Waals surface area contributed by atoms with Crippen molar-refractivity contribution in [1.82, 2.24) is 0 Å². The molecule has 3 fully saturated rings. The Balaban J connectivity index is 1.67. The maximum absolute atomic E-state index is 13.1. The van der Waals surface area contributed by atoms with Gasteiger partial charge in [0.15, 0.2) is 5.78 Å². The number of esters is 1. The van der Waals surface area contributed by atoms with E-state index in [2.05, 4.69) is 13.8 Å². The van der Waals surface area contributed by atoms with Crippen molar-refractivity contribution in [3.05, 3.63) is 11.6 Å². The topological polar surface area (TPSA) is 60.4 Å². The number of Topliss-reactive ketones (excluding diaryl/α,β-unsaturated/α-hetero) is 1. The lowest BCUT2D eigenvalue weighted by Gasteiger charge is -2.55.